The van der Waals surface area contributed by atoms with E-state index in [1.807, 2.05) is 29.1 Å². The summed E-state index contributed by atoms with van der Waals surface area (Å²) >= 11 is 7.57. The number of imidazole rings is 1. The summed E-state index contributed by atoms with van der Waals surface area (Å²) in [7, 11) is 1.88. The molecule has 5 heteroatoms. The molecule has 3 nitrogen and oxygen atoms in total. The lowest BCUT2D eigenvalue weighted by Crippen LogP contribution is -1.97. The lowest BCUT2D eigenvalue weighted by atomic mass is 10.3. The number of aromatic nitrogens is 2. The van der Waals surface area contributed by atoms with Crippen LogP contribution in [0, 0.1) is 11.3 Å². The summed E-state index contributed by atoms with van der Waals surface area (Å²) in [6.45, 7) is 0. The van der Waals surface area contributed by atoms with E-state index >= 15 is 0 Å². The molecule has 0 saturated carbocycles. The summed E-state index contributed by atoms with van der Waals surface area (Å²) in [5.74, 6) is 0.820. The molecule has 0 bridgehead atoms. The minimum atomic E-state index is 0.285. The van der Waals surface area contributed by atoms with Gasteiger partial charge in [0.1, 0.15) is 0 Å². The average Bonchev–Trinajstić information content (AvgIpc) is 2.81. The van der Waals surface area contributed by atoms with Gasteiger partial charge >= 0.3 is 0 Å². The molecule has 2 aromatic rings. The van der Waals surface area contributed by atoms with Crippen molar-refractivity contribution < 1.29 is 0 Å². The molecule has 15 heavy (non-hydrogen) atoms. The molecule has 0 fully saturated rings. The highest BCUT2D eigenvalue weighted by molar-refractivity contribution is 7.13. The van der Waals surface area contributed by atoms with Crippen LogP contribution >= 0.6 is 22.9 Å². The number of rotatable bonds is 2. The summed E-state index contributed by atoms with van der Waals surface area (Å²) in [6.07, 6.45) is 0.285. The molecular formula is C10H8ClN3S. The Hall–Kier alpha value is -1.31. The SMILES string of the molecule is Cn1c(-c2cccs2)nc(Cl)c1CC#N. The zero-order valence-corrected chi connectivity index (χ0v) is 9.64. The first kappa shape index (κ1) is 10.2. The molecule has 0 aliphatic rings. The number of halogens is 1. The van der Waals surface area contributed by atoms with E-state index in [-0.39, 0.29) is 6.42 Å². The molecule has 2 rings (SSSR count). The van der Waals surface area contributed by atoms with Crippen molar-refractivity contribution in [2.75, 3.05) is 0 Å². The van der Waals surface area contributed by atoms with Crippen molar-refractivity contribution in [2.24, 2.45) is 7.05 Å². The first-order valence-corrected chi connectivity index (χ1v) is 5.61. The van der Waals surface area contributed by atoms with E-state index in [1.54, 1.807) is 11.3 Å². The number of thiophene rings is 1. The third-order valence-corrected chi connectivity index (χ3v) is 3.32. The van der Waals surface area contributed by atoms with E-state index in [4.69, 9.17) is 16.9 Å². The molecule has 0 aliphatic heterocycles. The molecule has 0 aromatic carbocycles. The molecule has 76 valence electrons. The van der Waals surface area contributed by atoms with Gasteiger partial charge < -0.3 is 4.57 Å². The maximum atomic E-state index is 8.66. The van der Waals surface area contributed by atoms with Crippen LogP contribution in [-0.4, -0.2) is 9.55 Å². The van der Waals surface area contributed by atoms with Crippen LogP contribution in [0.15, 0.2) is 17.5 Å². The Kier molecular flexibility index (Phi) is 2.76. The summed E-state index contributed by atoms with van der Waals surface area (Å²) in [4.78, 5) is 5.32. The molecule has 0 aliphatic carbocycles. The first-order chi connectivity index (χ1) is 7.24. The molecular weight excluding hydrogens is 230 g/mol. The molecule has 2 heterocycles. The second-order valence-corrected chi connectivity index (χ2v) is 4.35. The van der Waals surface area contributed by atoms with Gasteiger partial charge in [0.15, 0.2) is 11.0 Å². The van der Waals surface area contributed by atoms with Crippen molar-refractivity contribution in [1.29, 1.82) is 5.26 Å². The number of hydrogen-bond donors (Lipinski definition) is 0. The van der Waals surface area contributed by atoms with Gasteiger partial charge in [-0.05, 0) is 11.4 Å². The van der Waals surface area contributed by atoms with E-state index in [9.17, 15) is 0 Å². The maximum Gasteiger partial charge on any atom is 0.152 e. The van der Waals surface area contributed by atoms with Crippen LogP contribution in [0.2, 0.25) is 5.15 Å². The van der Waals surface area contributed by atoms with E-state index in [1.165, 1.54) is 0 Å². The van der Waals surface area contributed by atoms with E-state index in [2.05, 4.69) is 11.1 Å². The average molecular weight is 238 g/mol. The second-order valence-electron chi connectivity index (χ2n) is 3.04. The molecule has 0 saturated heterocycles. The van der Waals surface area contributed by atoms with Crippen LogP contribution in [0.25, 0.3) is 10.7 Å². The van der Waals surface area contributed by atoms with Crippen molar-refractivity contribution in [1.82, 2.24) is 9.55 Å². The van der Waals surface area contributed by atoms with Gasteiger partial charge in [0, 0.05) is 7.05 Å². The van der Waals surface area contributed by atoms with Gasteiger partial charge in [-0.3, -0.25) is 0 Å². The second kappa shape index (κ2) is 4.05. The van der Waals surface area contributed by atoms with Gasteiger partial charge in [0.25, 0.3) is 0 Å². The zero-order valence-electron chi connectivity index (χ0n) is 8.07. The highest BCUT2D eigenvalue weighted by Gasteiger charge is 2.14. The maximum absolute atomic E-state index is 8.66. The third kappa shape index (κ3) is 1.76. The van der Waals surface area contributed by atoms with Crippen molar-refractivity contribution >= 4 is 22.9 Å². The molecule has 0 spiro atoms. The molecule has 0 unspecified atom stereocenters. The Labute approximate surface area is 96.6 Å². The van der Waals surface area contributed by atoms with E-state index in [0.29, 0.717) is 5.15 Å². The summed E-state index contributed by atoms with van der Waals surface area (Å²) in [6, 6.07) is 6.03. The first-order valence-electron chi connectivity index (χ1n) is 4.36. The highest BCUT2D eigenvalue weighted by atomic mass is 35.5. The van der Waals surface area contributed by atoms with Crippen LogP contribution in [0.5, 0.6) is 0 Å². The van der Waals surface area contributed by atoms with Gasteiger partial charge in [-0.1, -0.05) is 17.7 Å². The minimum Gasteiger partial charge on any atom is -0.328 e. The number of hydrogen-bond acceptors (Lipinski definition) is 3. The van der Waals surface area contributed by atoms with Crippen LogP contribution in [-0.2, 0) is 13.5 Å². The molecule has 0 atom stereocenters. The molecule has 2 aromatic heterocycles. The number of nitriles is 1. The Bertz CT molecular complexity index is 508. The monoisotopic (exact) mass is 237 g/mol. The Balaban J connectivity index is 2.52. The predicted octanol–water partition coefficient (Wildman–Crippen LogP) is 2.87. The van der Waals surface area contributed by atoms with Gasteiger partial charge in [-0.2, -0.15) is 5.26 Å². The Morgan fingerprint density at radius 1 is 1.67 bits per heavy atom. The van der Waals surface area contributed by atoms with Gasteiger partial charge in [-0.25, -0.2) is 4.98 Å². The summed E-state index contributed by atoms with van der Waals surface area (Å²) in [5, 5.41) is 11.1. The fourth-order valence-corrected chi connectivity index (χ4v) is 2.41. The van der Waals surface area contributed by atoms with Crippen molar-refractivity contribution in [2.45, 2.75) is 6.42 Å². The molecule has 0 amide bonds. The third-order valence-electron chi connectivity index (χ3n) is 2.15. The topological polar surface area (TPSA) is 41.6 Å². The van der Waals surface area contributed by atoms with Gasteiger partial charge in [0.2, 0.25) is 0 Å². The lowest BCUT2D eigenvalue weighted by molar-refractivity contribution is 0.866. The smallest absolute Gasteiger partial charge is 0.152 e. The van der Waals surface area contributed by atoms with Crippen LogP contribution in [0.3, 0.4) is 0 Å². The van der Waals surface area contributed by atoms with Crippen molar-refractivity contribution in [3.63, 3.8) is 0 Å². The van der Waals surface area contributed by atoms with Gasteiger partial charge in [-0.15, -0.1) is 11.3 Å². The minimum absolute atomic E-state index is 0.285. The quantitative estimate of drug-likeness (QED) is 0.806. The van der Waals surface area contributed by atoms with E-state index in [0.717, 1.165) is 16.4 Å². The zero-order chi connectivity index (χ0) is 10.8. The largest absolute Gasteiger partial charge is 0.328 e. The number of nitrogens with zero attached hydrogens (tertiary/aromatic N) is 3. The molecule has 0 radical (unpaired) electrons. The Morgan fingerprint density at radius 3 is 3.07 bits per heavy atom. The summed E-state index contributed by atoms with van der Waals surface area (Å²) < 4.78 is 1.87. The van der Waals surface area contributed by atoms with Crippen LogP contribution < -0.4 is 0 Å². The Morgan fingerprint density at radius 2 is 2.47 bits per heavy atom. The van der Waals surface area contributed by atoms with Gasteiger partial charge in [0.05, 0.1) is 23.1 Å². The normalized spacial score (nSPS) is 10.2. The fraction of sp³-hybridized carbons (Fsp3) is 0.200. The molecule has 0 N–H and O–H groups in total. The highest BCUT2D eigenvalue weighted by Crippen LogP contribution is 2.27. The van der Waals surface area contributed by atoms with Crippen molar-refractivity contribution in [3.05, 3.63) is 28.4 Å². The fourth-order valence-electron chi connectivity index (χ4n) is 1.39. The van der Waals surface area contributed by atoms with E-state index < -0.39 is 0 Å². The van der Waals surface area contributed by atoms with Crippen LogP contribution in [0.4, 0.5) is 0 Å². The predicted molar refractivity (Wildman–Crippen MR) is 60.8 cm³/mol. The standard InChI is InChI=1S/C10H8ClN3S/c1-14-7(4-5-12)9(11)13-10(14)8-3-2-6-15-8/h2-3,6H,4H2,1H3. The van der Waals surface area contributed by atoms with Crippen molar-refractivity contribution in [3.8, 4) is 16.8 Å². The lowest BCUT2D eigenvalue weighted by Gasteiger charge is -2.00. The van der Waals surface area contributed by atoms with Crippen LogP contribution in [0.1, 0.15) is 5.69 Å². The summed E-state index contributed by atoms with van der Waals surface area (Å²) in [5.41, 5.74) is 0.766.